The Labute approximate surface area is 157 Å². The zero-order chi connectivity index (χ0) is 18.6. The van der Waals surface area contributed by atoms with Crippen molar-refractivity contribution in [1.82, 2.24) is 20.3 Å². The fraction of sp³-hybridized carbons (Fsp3) is 0.474. The Morgan fingerprint density at radius 3 is 2.89 bits per heavy atom. The van der Waals surface area contributed by atoms with Gasteiger partial charge in [0.05, 0.1) is 13.7 Å². The number of hydrogen-bond acceptors (Lipinski definition) is 7. The third kappa shape index (κ3) is 3.94. The van der Waals surface area contributed by atoms with E-state index in [9.17, 15) is 4.79 Å². The van der Waals surface area contributed by atoms with Crippen molar-refractivity contribution in [3.05, 3.63) is 35.7 Å². The fourth-order valence-electron chi connectivity index (χ4n) is 3.40. The summed E-state index contributed by atoms with van der Waals surface area (Å²) in [6.07, 6.45) is 3.23. The van der Waals surface area contributed by atoms with Gasteiger partial charge in [-0.3, -0.25) is 4.79 Å². The number of nitrogens with one attached hydrogen (secondary N) is 1. The van der Waals surface area contributed by atoms with Crippen LogP contribution in [0.15, 0.2) is 24.3 Å². The van der Waals surface area contributed by atoms with E-state index in [1.807, 2.05) is 24.3 Å². The topological polar surface area (TPSA) is 89.5 Å². The molecule has 0 aliphatic carbocycles. The monoisotopic (exact) mass is 369 g/mol. The summed E-state index contributed by atoms with van der Waals surface area (Å²) < 4.78 is 11.0. The molecule has 1 fully saturated rings. The Morgan fingerprint density at radius 2 is 2.07 bits per heavy atom. The molecule has 1 saturated heterocycles. The van der Waals surface area contributed by atoms with E-state index in [0.717, 1.165) is 43.7 Å². The Kier molecular flexibility index (Phi) is 5.04. The van der Waals surface area contributed by atoms with Crippen LogP contribution in [-0.2, 0) is 17.8 Å². The van der Waals surface area contributed by atoms with Crippen LogP contribution in [0.25, 0.3) is 0 Å². The van der Waals surface area contributed by atoms with E-state index in [4.69, 9.17) is 9.47 Å². The van der Waals surface area contributed by atoms with Gasteiger partial charge >= 0.3 is 6.01 Å². The first-order valence-electron chi connectivity index (χ1n) is 9.29. The number of para-hydroxylation sites is 1. The summed E-state index contributed by atoms with van der Waals surface area (Å²) in [4.78, 5) is 27.7. The van der Waals surface area contributed by atoms with Gasteiger partial charge in [0.1, 0.15) is 5.75 Å². The Bertz CT molecular complexity index is 823. The Balaban J connectivity index is 1.41. The molecule has 8 nitrogen and oxygen atoms in total. The number of methoxy groups -OCH3 is 1. The average Bonchev–Trinajstić information content (AvgIpc) is 3.26. The molecule has 8 heteroatoms. The van der Waals surface area contributed by atoms with Gasteiger partial charge in [0.15, 0.2) is 11.9 Å². The fourth-order valence-corrected chi connectivity index (χ4v) is 3.40. The second kappa shape index (κ2) is 7.77. The summed E-state index contributed by atoms with van der Waals surface area (Å²) in [5.41, 5.74) is 1.14. The maximum atomic E-state index is 12.5. The quantitative estimate of drug-likeness (QED) is 0.854. The maximum Gasteiger partial charge on any atom is 0.321 e. The van der Waals surface area contributed by atoms with Gasteiger partial charge in [-0.2, -0.15) is 15.0 Å². The number of benzene rings is 1. The first kappa shape index (κ1) is 17.5. The molecule has 1 aromatic carbocycles. The molecule has 2 aromatic rings. The lowest BCUT2D eigenvalue weighted by molar-refractivity contribution is -0.128. The van der Waals surface area contributed by atoms with Gasteiger partial charge < -0.3 is 19.7 Å². The van der Waals surface area contributed by atoms with Gasteiger partial charge in [-0.15, -0.1) is 0 Å². The Hall–Kier alpha value is -2.90. The third-order valence-electron chi connectivity index (χ3n) is 4.85. The number of ether oxygens (including phenoxy) is 2. The molecule has 0 saturated carbocycles. The molecule has 1 N–H and O–H groups in total. The molecule has 1 aromatic heterocycles. The van der Waals surface area contributed by atoms with E-state index in [0.29, 0.717) is 18.2 Å². The molecule has 0 radical (unpaired) electrons. The average molecular weight is 369 g/mol. The van der Waals surface area contributed by atoms with E-state index in [1.165, 1.54) is 7.11 Å². The van der Waals surface area contributed by atoms with Crippen LogP contribution >= 0.6 is 0 Å². The molecule has 1 atom stereocenters. The molecule has 142 valence electrons. The largest absolute Gasteiger partial charge is 0.480 e. The van der Waals surface area contributed by atoms with Crippen molar-refractivity contribution in [3.8, 4) is 11.8 Å². The molecule has 1 unspecified atom stereocenters. The minimum Gasteiger partial charge on any atom is -0.480 e. The van der Waals surface area contributed by atoms with Crippen molar-refractivity contribution in [2.24, 2.45) is 0 Å². The lowest BCUT2D eigenvalue weighted by atomic mass is 10.0. The van der Waals surface area contributed by atoms with E-state index < -0.39 is 6.10 Å². The number of carbonyl (C=O) groups is 1. The second-order valence-corrected chi connectivity index (χ2v) is 6.70. The van der Waals surface area contributed by atoms with Crippen LogP contribution in [0.1, 0.15) is 30.7 Å². The molecular weight excluding hydrogens is 346 g/mol. The third-order valence-corrected chi connectivity index (χ3v) is 4.85. The maximum absolute atomic E-state index is 12.5. The van der Waals surface area contributed by atoms with Crippen LogP contribution in [-0.4, -0.2) is 47.2 Å². The normalized spacial score (nSPS) is 18.6. The number of aromatic nitrogens is 3. The predicted octanol–water partition coefficient (Wildman–Crippen LogP) is 1.49. The van der Waals surface area contributed by atoms with Crippen molar-refractivity contribution in [3.63, 3.8) is 0 Å². The predicted molar refractivity (Wildman–Crippen MR) is 98.9 cm³/mol. The van der Waals surface area contributed by atoms with Crippen LogP contribution in [0.3, 0.4) is 0 Å². The van der Waals surface area contributed by atoms with Crippen LogP contribution in [0.2, 0.25) is 0 Å². The molecule has 0 bridgehead atoms. The van der Waals surface area contributed by atoms with Crippen molar-refractivity contribution < 1.29 is 14.3 Å². The highest BCUT2D eigenvalue weighted by molar-refractivity contribution is 5.81. The SMILES string of the molecule is COc1nc(CNC(=O)C2CCc3ccccc3O2)nc(N2CCCC2)n1. The van der Waals surface area contributed by atoms with E-state index in [1.54, 1.807) is 0 Å². The number of rotatable bonds is 5. The van der Waals surface area contributed by atoms with Crippen molar-refractivity contribution >= 4 is 11.9 Å². The zero-order valence-electron chi connectivity index (χ0n) is 15.4. The van der Waals surface area contributed by atoms with Gasteiger partial charge in [0.25, 0.3) is 5.91 Å². The first-order chi connectivity index (χ1) is 13.2. The molecule has 4 rings (SSSR count). The van der Waals surface area contributed by atoms with Crippen LogP contribution in [0, 0.1) is 0 Å². The number of nitrogens with zero attached hydrogens (tertiary/aromatic N) is 4. The molecule has 1 amide bonds. The summed E-state index contributed by atoms with van der Waals surface area (Å²) >= 11 is 0. The lowest BCUT2D eigenvalue weighted by Crippen LogP contribution is -2.40. The van der Waals surface area contributed by atoms with E-state index in [-0.39, 0.29) is 18.5 Å². The molecule has 27 heavy (non-hydrogen) atoms. The highest BCUT2D eigenvalue weighted by atomic mass is 16.5. The highest BCUT2D eigenvalue weighted by Crippen LogP contribution is 2.27. The Morgan fingerprint density at radius 1 is 1.26 bits per heavy atom. The number of amides is 1. The second-order valence-electron chi connectivity index (χ2n) is 6.70. The molecule has 2 aliphatic rings. The molecule has 0 spiro atoms. The number of hydrogen-bond donors (Lipinski definition) is 1. The van der Waals surface area contributed by atoms with E-state index >= 15 is 0 Å². The standard InChI is InChI=1S/C19H23N5O3/c1-26-19-22-16(21-18(23-19)24-10-4-5-11-24)12-20-17(25)15-9-8-13-6-2-3-7-14(13)27-15/h2-3,6-7,15H,4-5,8-12H2,1H3,(H,20,25). The number of carbonyl (C=O) groups excluding carboxylic acids is 1. The number of fused-ring (bicyclic) bond motifs is 1. The zero-order valence-corrected chi connectivity index (χ0v) is 15.4. The summed E-state index contributed by atoms with van der Waals surface area (Å²) in [7, 11) is 1.53. The molecule has 2 aliphatic heterocycles. The number of aryl methyl sites for hydroxylation is 1. The van der Waals surface area contributed by atoms with Crippen molar-refractivity contribution in [2.75, 3.05) is 25.1 Å². The van der Waals surface area contributed by atoms with Gasteiger partial charge in [-0.1, -0.05) is 18.2 Å². The van der Waals surface area contributed by atoms with Gasteiger partial charge in [-0.25, -0.2) is 0 Å². The highest BCUT2D eigenvalue weighted by Gasteiger charge is 2.26. The lowest BCUT2D eigenvalue weighted by Gasteiger charge is -2.25. The summed E-state index contributed by atoms with van der Waals surface area (Å²) in [5, 5.41) is 2.88. The molecule has 3 heterocycles. The van der Waals surface area contributed by atoms with Crippen LogP contribution in [0.4, 0.5) is 5.95 Å². The van der Waals surface area contributed by atoms with Gasteiger partial charge in [-0.05, 0) is 37.3 Å². The van der Waals surface area contributed by atoms with Gasteiger partial charge in [0.2, 0.25) is 5.95 Å². The minimum atomic E-state index is -0.498. The first-order valence-corrected chi connectivity index (χ1v) is 9.29. The summed E-state index contributed by atoms with van der Waals surface area (Å²) in [5.74, 6) is 1.70. The smallest absolute Gasteiger partial charge is 0.321 e. The molecular formula is C19H23N5O3. The van der Waals surface area contributed by atoms with Crippen molar-refractivity contribution in [1.29, 1.82) is 0 Å². The van der Waals surface area contributed by atoms with Gasteiger partial charge in [0, 0.05) is 13.1 Å². The number of anilines is 1. The van der Waals surface area contributed by atoms with Crippen LogP contribution in [0.5, 0.6) is 11.8 Å². The summed E-state index contributed by atoms with van der Waals surface area (Å²) in [6, 6.07) is 8.08. The van der Waals surface area contributed by atoms with E-state index in [2.05, 4.69) is 25.2 Å². The minimum absolute atomic E-state index is 0.161. The summed E-state index contributed by atoms with van der Waals surface area (Å²) in [6.45, 7) is 2.06. The van der Waals surface area contributed by atoms with Crippen LogP contribution < -0.4 is 19.7 Å². The van der Waals surface area contributed by atoms with Crippen molar-refractivity contribution in [2.45, 2.75) is 38.3 Å².